The van der Waals surface area contributed by atoms with Crippen molar-refractivity contribution in [3.8, 4) is 11.5 Å². The van der Waals surface area contributed by atoms with Crippen molar-refractivity contribution in [2.45, 2.75) is 45.7 Å². The fourth-order valence-corrected chi connectivity index (χ4v) is 4.34. The highest BCUT2D eigenvalue weighted by molar-refractivity contribution is 6.46. The second-order valence-electron chi connectivity index (χ2n) is 8.71. The van der Waals surface area contributed by atoms with Crippen LogP contribution < -0.4 is 9.47 Å². The molecular formula is C29H30FNO6. The minimum Gasteiger partial charge on any atom is -0.507 e. The second-order valence-corrected chi connectivity index (χ2v) is 8.71. The third-order valence-corrected chi connectivity index (χ3v) is 6.15. The minimum atomic E-state index is -0.927. The zero-order chi connectivity index (χ0) is 26.4. The Morgan fingerprint density at radius 2 is 1.81 bits per heavy atom. The van der Waals surface area contributed by atoms with Crippen LogP contribution in [-0.2, 0) is 16.1 Å². The molecule has 1 aromatic heterocycles. The summed E-state index contributed by atoms with van der Waals surface area (Å²) in [6.45, 7) is 4.91. The number of furan rings is 1. The number of rotatable bonds is 11. The Kier molecular flexibility index (Phi) is 8.28. The molecule has 1 aliphatic heterocycles. The topological polar surface area (TPSA) is 89.2 Å². The maximum Gasteiger partial charge on any atom is 0.296 e. The first-order valence-electron chi connectivity index (χ1n) is 12.4. The van der Waals surface area contributed by atoms with Gasteiger partial charge in [-0.1, -0.05) is 25.8 Å². The van der Waals surface area contributed by atoms with Gasteiger partial charge in [0.25, 0.3) is 11.7 Å². The number of aliphatic hydroxyl groups excluding tert-OH is 1. The van der Waals surface area contributed by atoms with Gasteiger partial charge in [0.2, 0.25) is 0 Å². The average Bonchev–Trinajstić information content (AvgIpc) is 3.50. The number of halogens is 1. The molecule has 194 valence electrons. The first-order valence-corrected chi connectivity index (χ1v) is 12.4. The predicted molar refractivity (Wildman–Crippen MR) is 136 cm³/mol. The van der Waals surface area contributed by atoms with Gasteiger partial charge in [0, 0.05) is 5.56 Å². The van der Waals surface area contributed by atoms with Crippen molar-refractivity contribution in [3.05, 3.63) is 89.1 Å². The minimum absolute atomic E-state index is 0.0156. The molecule has 8 heteroatoms. The Morgan fingerprint density at radius 3 is 2.49 bits per heavy atom. The van der Waals surface area contributed by atoms with Crippen molar-refractivity contribution in [2.24, 2.45) is 0 Å². The molecule has 2 aromatic carbocycles. The van der Waals surface area contributed by atoms with Crippen molar-refractivity contribution in [1.29, 1.82) is 0 Å². The standard InChI is InChI=1S/C29H30FNO6/c1-3-5-6-15-37-23-14-11-20(17-24(23)35-4-2)26-25(27(32)19-9-12-21(30)13-10-19)28(33)29(34)31(26)18-22-8-7-16-36-22/h7-14,16-17,26,32H,3-6,15,18H2,1-2H3. The molecule has 4 rings (SSSR count). The van der Waals surface area contributed by atoms with Gasteiger partial charge in [0.1, 0.15) is 17.3 Å². The van der Waals surface area contributed by atoms with Crippen LogP contribution >= 0.6 is 0 Å². The van der Waals surface area contributed by atoms with Crippen LogP contribution in [0.15, 0.2) is 70.9 Å². The van der Waals surface area contributed by atoms with Crippen LogP contribution in [0.25, 0.3) is 5.76 Å². The first kappa shape index (κ1) is 26.0. The number of Topliss-reactive ketones (excluding diaryl/α,β-unsaturated/α-hetero) is 1. The number of benzene rings is 2. The van der Waals surface area contributed by atoms with Crippen molar-refractivity contribution in [1.82, 2.24) is 4.90 Å². The predicted octanol–water partition coefficient (Wildman–Crippen LogP) is 6.01. The van der Waals surface area contributed by atoms with E-state index in [1.165, 1.54) is 35.4 Å². The van der Waals surface area contributed by atoms with Crippen LogP contribution in [0.4, 0.5) is 4.39 Å². The van der Waals surface area contributed by atoms with Gasteiger partial charge < -0.3 is 23.9 Å². The Morgan fingerprint density at radius 1 is 1.03 bits per heavy atom. The highest BCUT2D eigenvalue weighted by Gasteiger charge is 2.46. The van der Waals surface area contributed by atoms with E-state index in [-0.39, 0.29) is 23.4 Å². The molecule has 1 saturated heterocycles. The van der Waals surface area contributed by atoms with E-state index in [1.807, 2.05) is 6.92 Å². The van der Waals surface area contributed by atoms with E-state index in [0.29, 0.717) is 36.0 Å². The van der Waals surface area contributed by atoms with Crippen molar-refractivity contribution < 1.29 is 33.0 Å². The summed E-state index contributed by atoms with van der Waals surface area (Å²) in [5.74, 6) is -0.968. The molecule has 1 N–H and O–H groups in total. The van der Waals surface area contributed by atoms with Crippen LogP contribution in [0.2, 0.25) is 0 Å². The number of unbranched alkanes of at least 4 members (excludes halogenated alkanes) is 2. The monoisotopic (exact) mass is 507 g/mol. The van der Waals surface area contributed by atoms with Gasteiger partial charge >= 0.3 is 0 Å². The van der Waals surface area contributed by atoms with E-state index in [0.717, 1.165) is 19.3 Å². The number of ketones is 1. The van der Waals surface area contributed by atoms with E-state index in [1.54, 1.807) is 30.3 Å². The quantitative estimate of drug-likeness (QED) is 0.148. The third-order valence-electron chi connectivity index (χ3n) is 6.15. The van der Waals surface area contributed by atoms with E-state index in [2.05, 4.69) is 6.92 Å². The van der Waals surface area contributed by atoms with Crippen LogP contribution in [0.5, 0.6) is 11.5 Å². The van der Waals surface area contributed by atoms with Gasteiger partial charge in [-0.15, -0.1) is 0 Å². The molecule has 1 fully saturated rings. The Bertz CT molecular complexity index is 1270. The molecule has 37 heavy (non-hydrogen) atoms. The maximum atomic E-state index is 13.5. The number of hydrogen-bond acceptors (Lipinski definition) is 6. The number of ether oxygens (including phenoxy) is 2. The van der Waals surface area contributed by atoms with E-state index >= 15 is 0 Å². The van der Waals surface area contributed by atoms with Gasteiger partial charge in [-0.2, -0.15) is 0 Å². The lowest BCUT2D eigenvalue weighted by Crippen LogP contribution is -2.29. The third kappa shape index (κ3) is 5.69. The number of aliphatic hydroxyl groups is 1. The van der Waals surface area contributed by atoms with Gasteiger partial charge in [-0.05, 0) is 67.4 Å². The number of likely N-dealkylation sites (tertiary alicyclic amines) is 1. The lowest BCUT2D eigenvalue weighted by atomic mass is 9.95. The SMILES string of the molecule is CCCCCOc1ccc(C2C(=C(O)c3ccc(F)cc3)C(=O)C(=O)N2Cc2ccco2)cc1OCC. The summed E-state index contributed by atoms with van der Waals surface area (Å²) in [7, 11) is 0. The summed E-state index contributed by atoms with van der Waals surface area (Å²) >= 11 is 0. The van der Waals surface area contributed by atoms with Gasteiger partial charge in [-0.3, -0.25) is 9.59 Å². The fourth-order valence-electron chi connectivity index (χ4n) is 4.34. The molecule has 0 spiro atoms. The molecule has 0 saturated carbocycles. The highest BCUT2D eigenvalue weighted by atomic mass is 19.1. The van der Waals surface area contributed by atoms with Crippen molar-refractivity contribution >= 4 is 17.4 Å². The van der Waals surface area contributed by atoms with Crippen molar-refractivity contribution in [2.75, 3.05) is 13.2 Å². The second kappa shape index (κ2) is 11.8. The Labute approximate surface area is 215 Å². The summed E-state index contributed by atoms with van der Waals surface area (Å²) in [6, 6.07) is 12.8. The summed E-state index contributed by atoms with van der Waals surface area (Å²) in [5.41, 5.74) is 0.685. The molecule has 7 nitrogen and oxygen atoms in total. The number of nitrogens with zero attached hydrogens (tertiary/aromatic N) is 1. The molecule has 0 bridgehead atoms. The van der Waals surface area contributed by atoms with Crippen molar-refractivity contribution in [3.63, 3.8) is 0 Å². The van der Waals surface area contributed by atoms with E-state index in [9.17, 15) is 19.1 Å². The summed E-state index contributed by atoms with van der Waals surface area (Å²) in [5, 5.41) is 11.1. The zero-order valence-corrected chi connectivity index (χ0v) is 20.9. The van der Waals surface area contributed by atoms with Crippen LogP contribution in [-0.4, -0.2) is 34.9 Å². The number of hydrogen-bond donors (Lipinski definition) is 1. The van der Waals surface area contributed by atoms with Crippen LogP contribution in [0.1, 0.15) is 56.0 Å². The molecule has 1 amide bonds. The highest BCUT2D eigenvalue weighted by Crippen LogP contribution is 2.42. The molecule has 1 unspecified atom stereocenters. The van der Waals surface area contributed by atoms with Crippen LogP contribution in [0, 0.1) is 5.82 Å². The molecule has 3 aromatic rings. The van der Waals surface area contributed by atoms with Gasteiger partial charge in [0.15, 0.2) is 11.5 Å². The van der Waals surface area contributed by atoms with Gasteiger partial charge in [-0.25, -0.2) is 4.39 Å². The number of carbonyl (C=O) groups is 2. The van der Waals surface area contributed by atoms with E-state index < -0.39 is 23.5 Å². The van der Waals surface area contributed by atoms with E-state index in [4.69, 9.17) is 13.9 Å². The average molecular weight is 508 g/mol. The molecule has 2 heterocycles. The summed E-state index contributed by atoms with van der Waals surface area (Å²) < 4.78 is 30.7. The fraction of sp³-hybridized carbons (Fsp3) is 0.310. The van der Waals surface area contributed by atoms with Crippen LogP contribution in [0.3, 0.4) is 0 Å². The lowest BCUT2D eigenvalue weighted by Gasteiger charge is -2.25. The molecular weight excluding hydrogens is 477 g/mol. The zero-order valence-electron chi connectivity index (χ0n) is 20.9. The van der Waals surface area contributed by atoms with Gasteiger partial charge in [0.05, 0.1) is 37.6 Å². The normalized spacial score (nSPS) is 16.8. The Balaban J connectivity index is 1.79. The summed E-state index contributed by atoms with van der Waals surface area (Å²) in [4.78, 5) is 27.7. The summed E-state index contributed by atoms with van der Waals surface area (Å²) in [6.07, 6.45) is 4.51. The molecule has 1 aliphatic rings. The molecule has 1 atom stereocenters. The number of carbonyl (C=O) groups excluding carboxylic acids is 2. The largest absolute Gasteiger partial charge is 0.507 e. The molecule has 0 aliphatic carbocycles. The smallest absolute Gasteiger partial charge is 0.296 e. The lowest BCUT2D eigenvalue weighted by molar-refractivity contribution is -0.140. The first-order chi connectivity index (χ1) is 17.9. The maximum absolute atomic E-state index is 13.5. The number of amides is 1. The molecule has 0 radical (unpaired) electrons. The Hall–Kier alpha value is -4.07.